The highest BCUT2D eigenvalue weighted by Crippen LogP contribution is 2.49. The van der Waals surface area contributed by atoms with Crippen molar-refractivity contribution in [1.29, 1.82) is 0 Å². The number of nitrogens with zero attached hydrogens (tertiary/aromatic N) is 2. The second-order valence-electron chi connectivity index (χ2n) is 9.20. The lowest BCUT2D eigenvalue weighted by atomic mass is 9.68. The third-order valence-electron chi connectivity index (χ3n) is 7.25. The molecule has 0 aliphatic heterocycles. The summed E-state index contributed by atoms with van der Waals surface area (Å²) in [5.41, 5.74) is 11.1. The van der Waals surface area contributed by atoms with Gasteiger partial charge in [0.1, 0.15) is 5.69 Å². The van der Waals surface area contributed by atoms with Crippen LogP contribution < -0.4 is 4.57 Å². The van der Waals surface area contributed by atoms with Gasteiger partial charge in [-0.1, -0.05) is 44.9 Å². The highest BCUT2D eigenvalue weighted by atomic mass is 15.0. The lowest BCUT2D eigenvalue weighted by molar-refractivity contribution is -0.662. The van der Waals surface area contributed by atoms with Gasteiger partial charge in [0.2, 0.25) is 0 Å². The van der Waals surface area contributed by atoms with Crippen LogP contribution in [0, 0.1) is 13.8 Å². The first-order valence-corrected chi connectivity index (χ1v) is 10.3. The summed E-state index contributed by atoms with van der Waals surface area (Å²) in [4.78, 5) is 4.87. The van der Waals surface area contributed by atoms with Gasteiger partial charge in [-0.25, -0.2) is 4.57 Å². The zero-order valence-corrected chi connectivity index (χ0v) is 17.2. The van der Waals surface area contributed by atoms with Gasteiger partial charge >= 0.3 is 0 Å². The molecule has 2 aromatic carbocycles. The molecular weight excluding hydrogens is 328 g/mol. The second-order valence-corrected chi connectivity index (χ2v) is 9.20. The van der Waals surface area contributed by atoms with Crippen molar-refractivity contribution in [2.45, 2.75) is 64.7 Å². The topological polar surface area (TPSA) is 16.8 Å². The smallest absolute Gasteiger partial charge is 0.232 e. The molecule has 1 aromatic heterocycles. The molecule has 1 fully saturated rings. The maximum Gasteiger partial charge on any atom is 0.287 e. The predicted molar refractivity (Wildman–Crippen MR) is 111 cm³/mol. The summed E-state index contributed by atoms with van der Waals surface area (Å²) >= 11 is 0. The molecule has 0 spiro atoms. The number of fused-ring (bicyclic) bond motifs is 2. The largest absolute Gasteiger partial charge is 0.287 e. The van der Waals surface area contributed by atoms with Gasteiger partial charge in [0.15, 0.2) is 5.52 Å². The molecule has 1 heterocycles. The van der Waals surface area contributed by atoms with Gasteiger partial charge in [-0.2, -0.15) is 0 Å². The van der Waals surface area contributed by atoms with Crippen molar-refractivity contribution < 1.29 is 4.57 Å². The third-order valence-corrected chi connectivity index (χ3v) is 7.25. The van der Waals surface area contributed by atoms with Gasteiger partial charge in [0.25, 0.3) is 6.33 Å². The minimum atomic E-state index is -0.0102. The molecule has 2 nitrogen and oxygen atoms in total. The van der Waals surface area contributed by atoms with Gasteiger partial charge in [-0.15, -0.1) is 0 Å². The van der Waals surface area contributed by atoms with Crippen LogP contribution in [0.4, 0.5) is 0 Å². The molecule has 5 rings (SSSR count). The molecule has 0 unspecified atom stereocenters. The Bertz CT molecular complexity index is 1090. The van der Waals surface area contributed by atoms with E-state index >= 15 is 0 Å². The summed E-state index contributed by atoms with van der Waals surface area (Å²) in [6.07, 6.45) is 7.39. The van der Waals surface area contributed by atoms with E-state index in [1.165, 1.54) is 75.7 Å². The van der Waals surface area contributed by atoms with Gasteiger partial charge in [-0.3, -0.25) is 0 Å². The van der Waals surface area contributed by atoms with Gasteiger partial charge in [0, 0.05) is 11.0 Å². The molecule has 0 bridgehead atoms. The van der Waals surface area contributed by atoms with Gasteiger partial charge < -0.3 is 0 Å². The maximum absolute atomic E-state index is 4.87. The number of hydrogen-bond donors (Lipinski definition) is 0. The molecule has 2 heteroatoms. The van der Waals surface area contributed by atoms with E-state index in [1.807, 2.05) is 6.33 Å². The van der Waals surface area contributed by atoms with Crippen LogP contribution in [0.15, 0.2) is 30.6 Å². The number of benzene rings is 2. The van der Waals surface area contributed by atoms with Crippen molar-refractivity contribution >= 4 is 10.9 Å². The van der Waals surface area contributed by atoms with E-state index in [0.29, 0.717) is 5.92 Å². The molecule has 0 amide bonds. The molecule has 0 radical (unpaired) electrons. The second kappa shape index (κ2) is 5.64. The molecule has 1 saturated carbocycles. The van der Waals surface area contributed by atoms with Crippen LogP contribution in [-0.2, 0) is 12.5 Å². The van der Waals surface area contributed by atoms with Crippen molar-refractivity contribution in [3.05, 3.63) is 58.4 Å². The summed E-state index contributed by atoms with van der Waals surface area (Å²) in [5, 5.41) is 1.35. The molecular formula is C25H29N2+. The molecule has 2 aliphatic carbocycles. The number of aromatic nitrogens is 2. The minimum absolute atomic E-state index is 0.0102. The fourth-order valence-corrected chi connectivity index (χ4v) is 5.46. The first kappa shape index (κ1) is 16.9. The average Bonchev–Trinajstić information content (AvgIpc) is 3.17. The van der Waals surface area contributed by atoms with E-state index < -0.39 is 0 Å². The Hall–Kier alpha value is -2.22. The molecule has 138 valence electrons. The van der Waals surface area contributed by atoms with Crippen LogP contribution in [0.1, 0.15) is 73.3 Å². The van der Waals surface area contributed by atoms with E-state index in [9.17, 15) is 0 Å². The van der Waals surface area contributed by atoms with Crippen molar-refractivity contribution in [1.82, 2.24) is 4.98 Å². The van der Waals surface area contributed by atoms with Crippen LogP contribution in [0.5, 0.6) is 0 Å². The summed E-state index contributed by atoms with van der Waals surface area (Å²) in [6.45, 7) is 9.28. The monoisotopic (exact) mass is 357 g/mol. The standard InChI is InChI=1S/C25H29N2/c1-15-10-11-19-22(16(15)2)24-23-20(25(19,3)4)12-18(17-8-6-7-9-17)13-21(23)26-14-27(24)5/h10-14,17H,6-9H2,1-5H3/q+1. The molecule has 27 heavy (non-hydrogen) atoms. The SMILES string of the molecule is Cc1ccc2c(c1C)-c1c3c(cc(C4CCCC4)cc3nc[n+]1C)C2(C)C. The van der Waals surface area contributed by atoms with Gasteiger partial charge in [0.05, 0.1) is 12.4 Å². The fraction of sp³-hybridized carbons (Fsp3) is 0.440. The van der Waals surface area contributed by atoms with Gasteiger partial charge in [-0.05, 0) is 71.5 Å². The first-order valence-electron chi connectivity index (χ1n) is 10.3. The molecule has 0 atom stereocenters. The van der Waals surface area contributed by atoms with E-state index in [4.69, 9.17) is 4.98 Å². The van der Waals surface area contributed by atoms with Crippen molar-refractivity contribution in [3.63, 3.8) is 0 Å². The van der Waals surface area contributed by atoms with Crippen LogP contribution in [-0.4, -0.2) is 4.98 Å². The molecule has 0 N–H and O–H groups in total. The summed E-state index contributed by atoms with van der Waals surface area (Å²) < 4.78 is 2.22. The lowest BCUT2D eigenvalue weighted by Crippen LogP contribution is -2.36. The zero-order chi connectivity index (χ0) is 18.9. The van der Waals surface area contributed by atoms with Crippen molar-refractivity contribution in [2.75, 3.05) is 0 Å². The minimum Gasteiger partial charge on any atom is -0.232 e. The maximum atomic E-state index is 4.87. The average molecular weight is 358 g/mol. The van der Waals surface area contributed by atoms with E-state index in [2.05, 4.69) is 63.6 Å². The third kappa shape index (κ3) is 2.25. The number of rotatable bonds is 1. The Morgan fingerprint density at radius 1 is 1.04 bits per heavy atom. The summed E-state index contributed by atoms with van der Waals surface area (Å²) in [6, 6.07) is 9.54. The summed E-state index contributed by atoms with van der Waals surface area (Å²) in [7, 11) is 2.14. The summed E-state index contributed by atoms with van der Waals surface area (Å²) in [5.74, 6) is 0.710. The Morgan fingerprint density at radius 3 is 2.52 bits per heavy atom. The van der Waals surface area contributed by atoms with E-state index in [1.54, 1.807) is 0 Å². The van der Waals surface area contributed by atoms with Crippen LogP contribution >= 0.6 is 0 Å². The quantitative estimate of drug-likeness (QED) is 0.515. The number of aryl methyl sites for hydroxylation is 2. The van der Waals surface area contributed by atoms with Crippen molar-refractivity contribution in [2.24, 2.45) is 7.05 Å². The molecule has 3 aromatic rings. The number of hydrogen-bond acceptors (Lipinski definition) is 1. The zero-order valence-electron chi connectivity index (χ0n) is 17.2. The lowest BCUT2D eigenvalue weighted by Gasteiger charge is -2.35. The predicted octanol–water partition coefficient (Wildman–Crippen LogP) is 5.64. The Morgan fingerprint density at radius 2 is 1.78 bits per heavy atom. The first-order chi connectivity index (χ1) is 12.9. The molecule has 0 saturated heterocycles. The normalized spacial score (nSPS) is 18.1. The van der Waals surface area contributed by atoms with Crippen molar-refractivity contribution in [3.8, 4) is 11.3 Å². The van der Waals surface area contributed by atoms with Crippen LogP contribution in [0.25, 0.3) is 22.2 Å². The Kier molecular flexibility index (Phi) is 3.53. The Balaban J connectivity index is 1.92. The van der Waals surface area contributed by atoms with Crippen LogP contribution in [0.3, 0.4) is 0 Å². The highest BCUT2D eigenvalue weighted by Gasteiger charge is 2.39. The fourth-order valence-electron chi connectivity index (χ4n) is 5.46. The van der Waals surface area contributed by atoms with E-state index in [0.717, 1.165) is 0 Å². The van der Waals surface area contributed by atoms with E-state index in [-0.39, 0.29) is 5.41 Å². The Labute approximate surface area is 162 Å². The molecule has 2 aliphatic rings. The highest BCUT2D eigenvalue weighted by molar-refractivity contribution is 5.99. The van der Waals surface area contributed by atoms with Crippen LogP contribution in [0.2, 0.25) is 0 Å².